The number of benzene rings is 17. The first kappa shape index (κ1) is 64.6. The summed E-state index contributed by atoms with van der Waals surface area (Å²) < 4.78 is 0. The SMILES string of the molecule is c1ccc(-c2ccc(N(c3cc4c5c(c3)N(c3ccccc3)c3ccccc3B5c3cc5c(cc3S4)N(c3ccccc3-c3ccccc3)c3cc(N(c4ccc(-c6ccccc6)cc4)c4ccccc4-c4ccccc4)cc4c3B5c3ccccc3N4c3ccccc3)c3ccccc3-c3ccccc3)cc2)cc1. The van der Waals surface area contributed by atoms with Gasteiger partial charge in [-0.25, -0.2) is 0 Å². The second-order valence-electron chi connectivity index (χ2n) is 28.6. The Bertz CT molecular complexity index is 6330. The van der Waals surface area contributed by atoms with Crippen LogP contribution in [-0.2, 0) is 0 Å². The van der Waals surface area contributed by atoms with Gasteiger partial charge in [-0.3, -0.25) is 0 Å². The topological polar surface area (TPSA) is 16.2 Å². The summed E-state index contributed by atoms with van der Waals surface area (Å²) in [6, 6.07) is 155. The van der Waals surface area contributed by atoms with Crippen LogP contribution in [0, 0.1) is 0 Å². The minimum Gasteiger partial charge on any atom is -0.311 e. The zero-order valence-electron chi connectivity index (χ0n) is 60.1. The molecule has 0 radical (unpaired) electrons. The van der Waals surface area contributed by atoms with E-state index in [1.807, 2.05) is 11.8 Å². The highest BCUT2D eigenvalue weighted by atomic mass is 32.2. The summed E-state index contributed by atoms with van der Waals surface area (Å²) >= 11 is 1.91. The van der Waals surface area contributed by atoms with Crippen LogP contribution in [0.15, 0.2) is 428 Å². The molecule has 110 heavy (non-hydrogen) atoms. The Morgan fingerprint density at radius 1 is 0.200 bits per heavy atom. The number of hydrogen-bond acceptors (Lipinski definition) is 6. The van der Waals surface area contributed by atoms with Crippen LogP contribution in [0.3, 0.4) is 0 Å². The third-order valence-electron chi connectivity index (χ3n) is 22.4. The van der Waals surface area contributed by atoms with Gasteiger partial charge in [-0.05, 0) is 175 Å². The number of fused-ring (bicyclic) bond motifs is 8. The Labute approximate surface area is 647 Å². The van der Waals surface area contributed by atoms with Crippen LogP contribution in [0.2, 0.25) is 0 Å². The van der Waals surface area contributed by atoms with E-state index >= 15 is 0 Å². The molecule has 4 heterocycles. The zero-order chi connectivity index (χ0) is 72.6. The molecule has 17 aromatic rings. The van der Waals surface area contributed by atoms with Crippen molar-refractivity contribution in [1.29, 1.82) is 0 Å². The summed E-state index contributed by atoms with van der Waals surface area (Å²) in [6.07, 6.45) is 0. The molecule has 0 spiro atoms. The Morgan fingerprint density at radius 2 is 0.545 bits per heavy atom. The van der Waals surface area contributed by atoms with Gasteiger partial charge in [0.25, 0.3) is 6.71 Å². The van der Waals surface area contributed by atoms with E-state index in [1.54, 1.807) is 0 Å². The first-order valence-electron chi connectivity index (χ1n) is 37.9. The molecule has 514 valence electrons. The molecule has 17 aromatic carbocycles. The molecule has 0 fully saturated rings. The van der Waals surface area contributed by atoms with Crippen LogP contribution < -0.4 is 57.3 Å². The third kappa shape index (κ3) is 11.0. The normalized spacial score (nSPS) is 12.6. The highest BCUT2D eigenvalue weighted by molar-refractivity contribution is 8.00. The van der Waals surface area contributed by atoms with Crippen LogP contribution in [-0.4, -0.2) is 13.4 Å². The average Bonchev–Trinajstić information content (AvgIpc) is 0.686. The average molecular weight is 1420 g/mol. The number of rotatable bonds is 14. The molecular weight excluding hydrogens is 1350 g/mol. The van der Waals surface area contributed by atoms with Crippen molar-refractivity contribution in [2.45, 2.75) is 9.79 Å². The first-order chi connectivity index (χ1) is 54.6. The third-order valence-corrected chi connectivity index (χ3v) is 23.6. The Hall–Kier alpha value is -13.8. The van der Waals surface area contributed by atoms with Crippen molar-refractivity contribution in [3.8, 4) is 55.6 Å². The molecule has 0 saturated heterocycles. The maximum Gasteiger partial charge on any atom is 0.252 e. The zero-order valence-corrected chi connectivity index (χ0v) is 61.0. The molecule has 4 aliphatic rings. The standard InChI is InChI=1S/C102H69B2N5S/c1-8-32-70(33-9-1)72-56-60-79(61-57-72)105(90-51-27-22-46-83(90)74-36-12-3-13-37-74)81-64-96-101-97(65-81)109(92-53-29-24-48-85(92)76-40-16-5-17-41-76)95-69-99-89(68-88(95)103(101)86-49-25-30-54-93(86)107(96)77-42-18-6-19-43-77)104-87-50-26-31-55-94(87)108(78-44-20-7-21-45-78)98-66-82(67-100(110-99)102(98)104)106(80-62-58-73(59-63-80)71-34-10-2-11-35-71)91-52-28-23-47-84(91)75-38-14-4-15-39-75/h1-69H. The number of nitrogens with zero attached hydrogens (tertiary/aromatic N) is 5. The Kier molecular flexibility index (Phi) is 16.0. The second kappa shape index (κ2) is 27.2. The van der Waals surface area contributed by atoms with E-state index in [4.69, 9.17) is 0 Å². The predicted octanol–water partition coefficient (Wildman–Crippen LogP) is 23.8. The van der Waals surface area contributed by atoms with Gasteiger partial charge < -0.3 is 24.5 Å². The van der Waals surface area contributed by atoms with E-state index < -0.39 is 0 Å². The van der Waals surface area contributed by atoms with Crippen LogP contribution >= 0.6 is 11.8 Å². The molecule has 4 aliphatic heterocycles. The fourth-order valence-electron chi connectivity index (χ4n) is 17.7. The van der Waals surface area contributed by atoms with Crippen molar-refractivity contribution in [3.63, 3.8) is 0 Å². The lowest BCUT2D eigenvalue weighted by Crippen LogP contribution is -2.64. The van der Waals surface area contributed by atoms with Crippen molar-refractivity contribution in [3.05, 3.63) is 419 Å². The summed E-state index contributed by atoms with van der Waals surface area (Å²) in [4.78, 5) is 15.2. The molecule has 0 amide bonds. The molecule has 21 rings (SSSR count). The van der Waals surface area contributed by atoms with Gasteiger partial charge >= 0.3 is 0 Å². The van der Waals surface area contributed by atoms with Gasteiger partial charge in [0, 0.05) is 89.0 Å². The van der Waals surface area contributed by atoms with Crippen molar-refractivity contribution in [2.24, 2.45) is 0 Å². The Balaban J connectivity index is 0.842. The molecule has 0 aromatic heterocycles. The molecule has 0 saturated carbocycles. The van der Waals surface area contributed by atoms with Gasteiger partial charge in [-0.15, -0.1) is 0 Å². The van der Waals surface area contributed by atoms with Gasteiger partial charge in [0.1, 0.15) is 0 Å². The van der Waals surface area contributed by atoms with Crippen LogP contribution in [0.1, 0.15) is 0 Å². The number of anilines is 15. The maximum absolute atomic E-state index is 2.66. The van der Waals surface area contributed by atoms with Gasteiger partial charge in [0.2, 0.25) is 6.71 Å². The molecular formula is C102H69B2N5S. The van der Waals surface area contributed by atoms with Crippen molar-refractivity contribution in [2.75, 3.05) is 24.5 Å². The molecule has 0 unspecified atom stereocenters. The highest BCUT2D eigenvalue weighted by Gasteiger charge is 2.48. The van der Waals surface area contributed by atoms with Crippen molar-refractivity contribution in [1.82, 2.24) is 0 Å². The lowest BCUT2D eigenvalue weighted by Gasteiger charge is -2.46. The van der Waals surface area contributed by atoms with Gasteiger partial charge in [0.15, 0.2) is 0 Å². The quantitative estimate of drug-likeness (QED) is 0.100. The molecule has 8 heteroatoms. The number of para-hydroxylation sites is 7. The minimum atomic E-state index is -0.208. The minimum absolute atomic E-state index is 0.151. The van der Waals surface area contributed by atoms with Crippen LogP contribution in [0.4, 0.5) is 85.3 Å². The number of hydrogen-bond donors (Lipinski definition) is 0. The monoisotopic (exact) mass is 1420 g/mol. The van der Waals surface area contributed by atoms with Crippen LogP contribution in [0.5, 0.6) is 0 Å². The van der Waals surface area contributed by atoms with Crippen molar-refractivity contribution < 1.29 is 0 Å². The molecule has 0 aliphatic carbocycles. The largest absolute Gasteiger partial charge is 0.311 e. The van der Waals surface area contributed by atoms with Gasteiger partial charge in [0.05, 0.1) is 22.7 Å². The van der Waals surface area contributed by atoms with Gasteiger partial charge in [-0.2, -0.15) is 0 Å². The molecule has 0 N–H and O–H groups in total. The van der Waals surface area contributed by atoms with E-state index in [9.17, 15) is 0 Å². The summed E-state index contributed by atoms with van der Waals surface area (Å²) in [6.45, 7) is -0.360. The summed E-state index contributed by atoms with van der Waals surface area (Å²) in [5, 5.41) is 0. The molecule has 5 nitrogen and oxygen atoms in total. The molecule has 0 bridgehead atoms. The van der Waals surface area contributed by atoms with E-state index in [-0.39, 0.29) is 13.4 Å². The summed E-state index contributed by atoms with van der Waals surface area (Å²) in [5.74, 6) is 0. The van der Waals surface area contributed by atoms with E-state index in [0.717, 1.165) is 130 Å². The fourth-order valence-corrected chi connectivity index (χ4v) is 18.9. The first-order valence-corrected chi connectivity index (χ1v) is 38.7. The molecule has 0 atom stereocenters. The van der Waals surface area contributed by atoms with E-state index in [0.29, 0.717) is 0 Å². The highest BCUT2D eigenvalue weighted by Crippen LogP contribution is 2.54. The Morgan fingerprint density at radius 3 is 1.02 bits per heavy atom. The maximum atomic E-state index is 2.66. The van der Waals surface area contributed by atoms with Crippen LogP contribution in [0.25, 0.3) is 55.6 Å². The summed E-state index contributed by atoms with van der Waals surface area (Å²) in [5.41, 5.74) is 35.5. The summed E-state index contributed by atoms with van der Waals surface area (Å²) in [7, 11) is 0. The lowest BCUT2D eigenvalue weighted by atomic mass is 9.31. The predicted molar refractivity (Wildman–Crippen MR) is 467 cm³/mol. The van der Waals surface area contributed by atoms with E-state index in [1.165, 1.54) is 53.7 Å². The second-order valence-corrected chi connectivity index (χ2v) is 29.7. The smallest absolute Gasteiger partial charge is 0.252 e. The van der Waals surface area contributed by atoms with Gasteiger partial charge in [-0.1, -0.05) is 327 Å². The van der Waals surface area contributed by atoms with E-state index in [2.05, 4.69) is 443 Å². The fraction of sp³-hybridized carbons (Fsp3) is 0. The van der Waals surface area contributed by atoms with Crippen molar-refractivity contribution >= 4 is 143 Å². The lowest BCUT2D eigenvalue weighted by molar-refractivity contribution is 1.22.